The molecule has 5 rings (SSSR count). The van der Waals surface area contributed by atoms with Crippen molar-refractivity contribution in [2.24, 2.45) is 5.41 Å². The molecule has 0 aliphatic carbocycles. The van der Waals surface area contributed by atoms with Crippen molar-refractivity contribution in [1.29, 1.82) is 0 Å². The summed E-state index contributed by atoms with van der Waals surface area (Å²) >= 11 is 0. The molecule has 3 aliphatic rings. The Morgan fingerprint density at radius 2 is 2.17 bits per heavy atom. The fraction of sp³-hybridized carbons (Fsp3) is 0.450. The van der Waals surface area contributed by atoms with Gasteiger partial charge in [-0.05, 0) is 67.6 Å². The van der Waals surface area contributed by atoms with Gasteiger partial charge in [-0.15, -0.1) is 6.58 Å². The summed E-state index contributed by atoms with van der Waals surface area (Å²) in [5.41, 5.74) is 2.03. The van der Waals surface area contributed by atoms with Crippen LogP contribution in [0.25, 0.3) is 10.9 Å². The van der Waals surface area contributed by atoms with Crippen molar-refractivity contribution in [3.63, 3.8) is 0 Å². The number of hydrogen-bond acceptors (Lipinski definition) is 4. The molecular formula is C20H24N2O2. The molecule has 1 N–H and O–H groups in total. The van der Waals surface area contributed by atoms with Crippen LogP contribution in [0, 0.1) is 5.41 Å². The van der Waals surface area contributed by atoms with Gasteiger partial charge in [-0.25, -0.2) is 0 Å². The SMILES string of the molecule is C=CC12CCN(CC1)[C@@H]([C@@H](O)c1ccnc3ccc(OC)cc13)C2. The van der Waals surface area contributed by atoms with Gasteiger partial charge in [0.1, 0.15) is 5.75 Å². The Hall–Kier alpha value is -1.91. The van der Waals surface area contributed by atoms with Crippen molar-refractivity contribution in [3.8, 4) is 5.75 Å². The topological polar surface area (TPSA) is 45.6 Å². The van der Waals surface area contributed by atoms with E-state index in [9.17, 15) is 5.11 Å². The summed E-state index contributed by atoms with van der Waals surface area (Å²) in [5.74, 6) is 0.789. The van der Waals surface area contributed by atoms with Crippen LogP contribution >= 0.6 is 0 Å². The van der Waals surface area contributed by atoms with Crippen LogP contribution in [-0.2, 0) is 0 Å². The van der Waals surface area contributed by atoms with E-state index >= 15 is 0 Å². The van der Waals surface area contributed by atoms with Crippen molar-refractivity contribution in [2.75, 3.05) is 20.2 Å². The molecule has 0 saturated carbocycles. The van der Waals surface area contributed by atoms with Crippen molar-refractivity contribution < 1.29 is 9.84 Å². The number of piperidine rings is 3. The molecule has 4 nitrogen and oxygen atoms in total. The Kier molecular flexibility index (Phi) is 3.82. The third kappa shape index (κ3) is 2.41. The van der Waals surface area contributed by atoms with Gasteiger partial charge < -0.3 is 9.84 Å². The maximum Gasteiger partial charge on any atom is 0.119 e. The molecule has 3 fully saturated rings. The summed E-state index contributed by atoms with van der Waals surface area (Å²) in [4.78, 5) is 6.86. The predicted octanol–water partition coefficient (Wildman–Crippen LogP) is 3.32. The van der Waals surface area contributed by atoms with Gasteiger partial charge in [-0.3, -0.25) is 9.88 Å². The molecule has 126 valence electrons. The fourth-order valence-corrected chi connectivity index (χ4v) is 4.39. The highest BCUT2D eigenvalue weighted by Crippen LogP contribution is 2.47. The van der Waals surface area contributed by atoms with Crippen LogP contribution in [0.2, 0.25) is 0 Å². The largest absolute Gasteiger partial charge is 0.497 e. The minimum absolute atomic E-state index is 0.141. The van der Waals surface area contributed by atoms with E-state index in [1.54, 1.807) is 13.3 Å². The first-order valence-corrected chi connectivity index (χ1v) is 8.64. The second-order valence-electron chi connectivity index (χ2n) is 7.10. The lowest BCUT2D eigenvalue weighted by molar-refractivity contribution is -0.0522. The fourth-order valence-electron chi connectivity index (χ4n) is 4.39. The third-order valence-electron chi connectivity index (χ3n) is 5.98. The summed E-state index contributed by atoms with van der Waals surface area (Å²) in [5, 5.41) is 12.2. The number of rotatable bonds is 4. The van der Waals surface area contributed by atoms with E-state index in [0.29, 0.717) is 0 Å². The Labute approximate surface area is 142 Å². The summed E-state index contributed by atoms with van der Waals surface area (Å²) in [6.45, 7) is 6.15. The summed E-state index contributed by atoms with van der Waals surface area (Å²) in [6, 6.07) is 7.91. The van der Waals surface area contributed by atoms with Gasteiger partial charge in [0.05, 0.1) is 18.7 Å². The highest BCUT2D eigenvalue weighted by molar-refractivity contribution is 5.83. The number of methoxy groups -OCH3 is 1. The summed E-state index contributed by atoms with van der Waals surface area (Å²) in [6.07, 6.45) is 6.67. The van der Waals surface area contributed by atoms with E-state index in [2.05, 4.69) is 22.5 Å². The Balaban J connectivity index is 1.73. The molecule has 0 unspecified atom stereocenters. The monoisotopic (exact) mass is 324 g/mol. The lowest BCUT2D eigenvalue weighted by Gasteiger charge is -2.53. The van der Waals surface area contributed by atoms with Gasteiger partial charge >= 0.3 is 0 Å². The first-order valence-electron chi connectivity index (χ1n) is 8.64. The smallest absolute Gasteiger partial charge is 0.119 e. The van der Waals surface area contributed by atoms with Crippen LogP contribution in [0.15, 0.2) is 43.1 Å². The number of aromatic nitrogens is 1. The van der Waals surface area contributed by atoms with Gasteiger partial charge in [0, 0.05) is 17.6 Å². The van der Waals surface area contributed by atoms with Crippen molar-refractivity contribution in [1.82, 2.24) is 9.88 Å². The van der Waals surface area contributed by atoms with E-state index in [1.165, 1.54) is 0 Å². The zero-order valence-corrected chi connectivity index (χ0v) is 14.1. The van der Waals surface area contributed by atoms with Crippen LogP contribution in [0.3, 0.4) is 0 Å². The molecule has 0 amide bonds. The second kappa shape index (κ2) is 5.87. The van der Waals surface area contributed by atoms with E-state index in [4.69, 9.17) is 4.74 Å². The lowest BCUT2D eigenvalue weighted by atomic mass is 9.67. The van der Waals surface area contributed by atoms with E-state index in [0.717, 1.165) is 54.6 Å². The molecule has 4 heterocycles. The molecule has 3 aliphatic heterocycles. The second-order valence-corrected chi connectivity index (χ2v) is 7.10. The highest BCUT2D eigenvalue weighted by atomic mass is 16.5. The van der Waals surface area contributed by atoms with Crippen LogP contribution in [-0.4, -0.2) is 41.2 Å². The number of fused-ring (bicyclic) bond motifs is 4. The Morgan fingerprint density at radius 1 is 1.38 bits per heavy atom. The lowest BCUT2D eigenvalue weighted by Crippen LogP contribution is -2.55. The van der Waals surface area contributed by atoms with Crippen LogP contribution in [0.1, 0.15) is 30.9 Å². The van der Waals surface area contributed by atoms with Gasteiger partial charge in [0.25, 0.3) is 0 Å². The molecule has 4 heteroatoms. The standard InChI is InChI=1S/C20H24N2O2/c1-3-20-7-10-22(11-8-20)18(13-20)19(23)15-6-9-21-17-5-4-14(24-2)12-16(15)17/h3-6,9,12,18-19,23H,1,7-8,10-11,13H2,2H3/t18-,19+/m1/s1. The molecule has 0 radical (unpaired) electrons. The zero-order chi connectivity index (χ0) is 16.7. The molecule has 2 bridgehead atoms. The number of nitrogens with zero attached hydrogens (tertiary/aromatic N) is 2. The Morgan fingerprint density at radius 3 is 2.88 bits per heavy atom. The maximum absolute atomic E-state index is 11.2. The van der Waals surface area contributed by atoms with Crippen LogP contribution in [0.5, 0.6) is 5.75 Å². The van der Waals surface area contributed by atoms with Gasteiger partial charge in [-0.1, -0.05) is 6.08 Å². The zero-order valence-electron chi connectivity index (χ0n) is 14.1. The molecule has 1 aromatic heterocycles. The van der Waals surface area contributed by atoms with E-state index < -0.39 is 6.10 Å². The third-order valence-corrected chi connectivity index (χ3v) is 5.98. The summed E-state index contributed by atoms with van der Waals surface area (Å²) in [7, 11) is 1.66. The van der Waals surface area contributed by atoms with Gasteiger partial charge in [0.15, 0.2) is 0 Å². The first-order chi connectivity index (χ1) is 11.7. The van der Waals surface area contributed by atoms with Crippen molar-refractivity contribution >= 4 is 10.9 Å². The minimum Gasteiger partial charge on any atom is -0.497 e. The normalized spacial score (nSPS) is 30.2. The minimum atomic E-state index is -0.525. The number of benzene rings is 1. The highest BCUT2D eigenvalue weighted by Gasteiger charge is 2.45. The number of allylic oxidation sites excluding steroid dienone is 1. The average Bonchev–Trinajstić information content (AvgIpc) is 2.67. The first kappa shape index (κ1) is 15.6. The predicted molar refractivity (Wildman–Crippen MR) is 95.1 cm³/mol. The quantitative estimate of drug-likeness (QED) is 0.877. The number of ether oxygens (including phenoxy) is 1. The molecule has 3 saturated heterocycles. The van der Waals surface area contributed by atoms with E-state index in [1.807, 2.05) is 24.3 Å². The number of aliphatic hydroxyl groups excluding tert-OH is 1. The van der Waals surface area contributed by atoms with Crippen LogP contribution < -0.4 is 4.74 Å². The van der Waals surface area contributed by atoms with Gasteiger partial charge in [-0.2, -0.15) is 0 Å². The summed E-state index contributed by atoms with van der Waals surface area (Å²) < 4.78 is 5.35. The molecule has 2 atom stereocenters. The van der Waals surface area contributed by atoms with Crippen molar-refractivity contribution in [2.45, 2.75) is 31.4 Å². The molecule has 0 spiro atoms. The molecule has 2 aromatic rings. The maximum atomic E-state index is 11.2. The van der Waals surface area contributed by atoms with Gasteiger partial charge in [0.2, 0.25) is 0 Å². The van der Waals surface area contributed by atoms with Crippen LogP contribution in [0.4, 0.5) is 0 Å². The Bertz CT molecular complexity index is 765. The molecular weight excluding hydrogens is 300 g/mol. The molecule has 1 aromatic carbocycles. The number of aliphatic hydroxyl groups is 1. The van der Waals surface area contributed by atoms with Crippen molar-refractivity contribution in [3.05, 3.63) is 48.7 Å². The molecule has 24 heavy (non-hydrogen) atoms. The number of pyridine rings is 1. The van der Waals surface area contributed by atoms with E-state index in [-0.39, 0.29) is 11.5 Å². The number of hydrogen-bond donors (Lipinski definition) is 1. The average molecular weight is 324 g/mol.